The smallest absolute Gasteiger partial charge is 0.428 e. The van der Waals surface area contributed by atoms with Gasteiger partial charge in [-0.05, 0) is 45.0 Å². The molecule has 22 heavy (non-hydrogen) atoms. The zero-order valence-corrected chi connectivity index (χ0v) is 14.2. The molecule has 1 heterocycles. The Labute approximate surface area is 137 Å². The van der Waals surface area contributed by atoms with Crippen molar-refractivity contribution in [1.82, 2.24) is 5.43 Å². The molecule has 0 bridgehead atoms. The number of hydrogen-bond acceptors (Lipinski definition) is 4. The Balaban J connectivity index is 1.96. The lowest BCUT2D eigenvalue weighted by molar-refractivity contribution is 0.0529. The van der Waals surface area contributed by atoms with E-state index in [1.54, 1.807) is 26.8 Å². The summed E-state index contributed by atoms with van der Waals surface area (Å²) in [7, 11) is 0. The quantitative estimate of drug-likeness (QED) is 0.640. The van der Waals surface area contributed by atoms with E-state index in [0.29, 0.717) is 5.76 Å². The zero-order chi connectivity index (χ0) is 16.2. The van der Waals surface area contributed by atoms with Gasteiger partial charge in [0, 0.05) is 10.0 Å². The summed E-state index contributed by atoms with van der Waals surface area (Å²) in [6.45, 7) is 5.36. The van der Waals surface area contributed by atoms with E-state index in [1.807, 2.05) is 30.3 Å². The lowest BCUT2D eigenvalue weighted by Gasteiger charge is -2.18. The molecular weight excluding hydrogens is 348 g/mol. The van der Waals surface area contributed by atoms with Gasteiger partial charge in [0.2, 0.25) is 0 Å². The van der Waals surface area contributed by atoms with Crippen molar-refractivity contribution in [3.63, 3.8) is 0 Å². The third-order valence-electron chi connectivity index (χ3n) is 2.50. The number of amides is 1. The summed E-state index contributed by atoms with van der Waals surface area (Å²) < 4.78 is 11.7. The van der Waals surface area contributed by atoms with Gasteiger partial charge in [0.1, 0.15) is 17.1 Å². The maximum atomic E-state index is 11.4. The summed E-state index contributed by atoms with van der Waals surface area (Å²) in [6.07, 6.45) is 0.815. The minimum atomic E-state index is -0.608. The molecule has 5 nitrogen and oxygen atoms in total. The van der Waals surface area contributed by atoms with Gasteiger partial charge < -0.3 is 9.15 Å². The minimum Gasteiger partial charge on any atom is -0.455 e. The van der Waals surface area contributed by atoms with Crippen LogP contribution in [0.3, 0.4) is 0 Å². The van der Waals surface area contributed by atoms with Crippen LogP contribution in [-0.4, -0.2) is 17.9 Å². The van der Waals surface area contributed by atoms with Gasteiger partial charge in [-0.25, -0.2) is 10.2 Å². The van der Waals surface area contributed by atoms with Crippen LogP contribution in [0.25, 0.3) is 11.3 Å². The van der Waals surface area contributed by atoms with Crippen LogP contribution in [-0.2, 0) is 4.74 Å². The molecule has 0 atom stereocenters. The number of rotatable bonds is 3. The van der Waals surface area contributed by atoms with Gasteiger partial charge in [-0.3, -0.25) is 0 Å². The summed E-state index contributed by atoms with van der Waals surface area (Å²) in [4.78, 5) is 11.4. The lowest BCUT2D eigenvalue weighted by atomic mass is 10.2. The number of furan rings is 1. The van der Waals surface area contributed by atoms with E-state index >= 15 is 0 Å². The van der Waals surface area contributed by atoms with E-state index in [0.717, 1.165) is 15.8 Å². The molecule has 0 radical (unpaired) electrons. The molecule has 0 aliphatic heterocycles. The van der Waals surface area contributed by atoms with Crippen LogP contribution in [0, 0.1) is 0 Å². The predicted molar refractivity (Wildman–Crippen MR) is 88.8 cm³/mol. The van der Waals surface area contributed by atoms with Crippen LogP contribution < -0.4 is 5.43 Å². The van der Waals surface area contributed by atoms with E-state index in [9.17, 15) is 4.79 Å². The van der Waals surface area contributed by atoms with Gasteiger partial charge in [0.15, 0.2) is 0 Å². The van der Waals surface area contributed by atoms with Crippen molar-refractivity contribution in [1.29, 1.82) is 0 Å². The highest BCUT2D eigenvalue weighted by Crippen LogP contribution is 2.23. The Morgan fingerprint density at radius 3 is 2.55 bits per heavy atom. The third kappa shape index (κ3) is 5.04. The molecule has 0 saturated carbocycles. The van der Waals surface area contributed by atoms with Crippen molar-refractivity contribution in [3.8, 4) is 11.3 Å². The van der Waals surface area contributed by atoms with Crippen molar-refractivity contribution in [2.45, 2.75) is 26.4 Å². The number of carbonyl (C=O) groups excluding carboxylic acids is 1. The SMILES string of the molecule is CC(C)(C)OC(=O)N/N=C\c1ccc(-c2ccc(Br)cc2)o1. The Kier molecular flexibility index (Phi) is 5.03. The Bertz CT molecular complexity index is 669. The summed E-state index contributed by atoms with van der Waals surface area (Å²) in [5, 5.41) is 3.80. The summed E-state index contributed by atoms with van der Waals surface area (Å²) in [5.41, 5.74) is 2.69. The van der Waals surface area contributed by atoms with E-state index in [1.165, 1.54) is 6.21 Å². The van der Waals surface area contributed by atoms with Crippen LogP contribution in [0.15, 0.2) is 50.4 Å². The number of carbonyl (C=O) groups is 1. The summed E-state index contributed by atoms with van der Waals surface area (Å²) in [5.74, 6) is 1.26. The summed E-state index contributed by atoms with van der Waals surface area (Å²) in [6, 6.07) is 11.4. The number of benzene rings is 1. The summed E-state index contributed by atoms with van der Waals surface area (Å²) >= 11 is 3.39. The first-order valence-electron chi connectivity index (χ1n) is 6.71. The normalized spacial score (nSPS) is 11.6. The lowest BCUT2D eigenvalue weighted by Crippen LogP contribution is -2.29. The first kappa shape index (κ1) is 16.3. The van der Waals surface area contributed by atoms with Gasteiger partial charge in [-0.15, -0.1) is 0 Å². The molecule has 1 N–H and O–H groups in total. The molecule has 116 valence electrons. The fourth-order valence-electron chi connectivity index (χ4n) is 1.64. The number of halogens is 1. The monoisotopic (exact) mass is 364 g/mol. The van der Waals surface area contributed by atoms with Crippen LogP contribution in [0.4, 0.5) is 4.79 Å². The van der Waals surface area contributed by atoms with E-state index in [4.69, 9.17) is 9.15 Å². The molecular formula is C16H17BrN2O3. The van der Waals surface area contributed by atoms with Crippen LogP contribution in [0.1, 0.15) is 26.5 Å². The fourth-order valence-corrected chi connectivity index (χ4v) is 1.91. The standard InChI is InChI=1S/C16H17BrN2O3/c1-16(2,3)22-15(20)19-18-10-13-8-9-14(21-13)11-4-6-12(17)7-5-11/h4-10H,1-3H3,(H,19,20)/b18-10-. The molecule has 1 amide bonds. The fraction of sp³-hybridized carbons (Fsp3) is 0.250. The Morgan fingerprint density at radius 1 is 1.23 bits per heavy atom. The van der Waals surface area contributed by atoms with Gasteiger partial charge in [-0.1, -0.05) is 28.1 Å². The highest BCUT2D eigenvalue weighted by Gasteiger charge is 2.15. The predicted octanol–water partition coefficient (Wildman–Crippen LogP) is 4.57. The number of hydrogen-bond donors (Lipinski definition) is 1. The van der Waals surface area contributed by atoms with Crippen LogP contribution >= 0.6 is 15.9 Å². The average molecular weight is 365 g/mol. The van der Waals surface area contributed by atoms with Crippen molar-refractivity contribution in [3.05, 3.63) is 46.6 Å². The first-order valence-corrected chi connectivity index (χ1v) is 7.51. The first-order chi connectivity index (χ1) is 10.3. The molecule has 0 aliphatic carbocycles. The zero-order valence-electron chi connectivity index (χ0n) is 12.6. The molecule has 0 spiro atoms. The Morgan fingerprint density at radius 2 is 1.91 bits per heavy atom. The maximum Gasteiger partial charge on any atom is 0.428 e. The second-order valence-electron chi connectivity index (χ2n) is 5.58. The van der Waals surface area contributed by atoms with E-state index in [2.05, 4.69) is 26.5 Å². The largest absolute Gasteiger partial charge is 0.455 e. The third-order valence-corrected chi connectivity index (χ3v) is 3.03. The second kappa shape index (κ2) is 6.79. The highest BCUT2D eigenvalue weighted by atomic mass is 79.9. The molecule has 6 heteroatoms. The molecule has 0 unspecified atom stereocenters. The van der Waals surface area contributed by atoms with Crippen molar-refractivity contribution >= 4 is 28.2 Å². The number of hydrazone groups is 1. The molecule has 2 rings (SSSR count). The van der Waals surface area contributed by atoms with Gasteiger partial charge in [0.05, 0.1) is 6.21 Å². The van der Waals surface area contributed by atoms with Crippen molar-refractivity contribution in [2.24, 2.45) is 5.10 Å². The van der Waals surface area contributed by atoms with Crippen LogP contribution in [0.2, 0.25) is 0 Å². The number of nitrogens with zero attached hydrogens (tertiary/aromatic N) is 1. The number of ether oxygens (including phenoxy) is 1. The van der Waals surface area contributed by atoms with Gasteiger partial charge in [0.25, 0.3) is 0 Å². The highest BCUT2D eigenvalue weighted by molar-refractivity contribution is 9.10. The van der Waals surface area contributed by atoms with Gasteiger partial charge in [-0.2, -0.15) is 5.10 Å². The molecule has 0 saturated heterocycles. The van der Waals surface area contributed by atoms with Crippen molar-refractivity contribution < 1.29 is 13.9 Å². The maximum absolute atomic E-state index is 11.4. The minimum absolute atomic E-state index is 0.536. The molecule has 0 fully saturated rings. The number of nitrogens with one attached hydrogen (secondary N) is 1. The molecule has 0 aliphatic rings. The van der Waals surface area contributed by atoms with Gasteiger partial charge >= 0.3 is 6.09 Å². The average Bonchev–Trinajstić information content (AvgIpc) is 2.86. The molecule has 1 aromatic heterocycles. The van der Waals surface area contributed by atoms with Crippen LogP contribution in [0.5, 0.6) is 0 Å². The topological polar surface area (TPSA) is 63.8 Å². The van der Waals surface area contributed by atoms with E-state index in [-0.39, 0.29) is 0 Å². The van der Waals surface area contributed by atoms with E-state index < -0.39 is 11.7 Å². The Hall–Kier alpha value is -2.08. The van der Waals surface area contributed by atoms with Crippen molar-refractivity contribution in [2.75, 3.05) is 0 Å². The molecule has 1 aromatic carbocycles. The molecule has 2 aromatic rings. The second-order valence-corrected chi connectivity index (χ2v) is 6.50.